The van der Waals surface area contributed by atoms with Gasteiger partial charge in [-0.1, -0.05) is 13.3 Å². The second kappa shape index (κ2) is 7.86. The van der Waals surface area contributed by atoms with Crippen molar-refractivity contribution in [2.45, 2.75) is 39.2 Å². The van der Waals surface area contributed by atoms with Gasteiger partial charge in [0.2, 0.25) is 0 Å². The van der Waals surface area contributed by atoms with Crippen molar-refractivity contribution < 1.29 is 19.4 Å². The Bertz CT molecular complexity index is 128. The Hall–Kier alpha value is -0.770. The molecule has 0 aliphatic carbocycles. The third-order valence-electron chi connectivity index (χ3n) is 1.66. The number of carbonyl (C=O) groups is 1. The van der Waals surface area contributed by atoms with Gasteiger partial charge >= 0.3 is 6.16 Å². The molecule has 13 heavy (non-hydrogen) atoms. The molecule has 0 saturated carbocycles. The van der Waals surface area contributed by atoms with Crippen molar-refractivity contribution in [3.63, 3.8) is 0 Å². The first-order chi connectivity index (χ1) is 6.20. The first kappa shape index (κ1) is 12.2. The fourth-order valence-electron chi connectivity index (χ4n) is 1.000. The van der Waals surface area contributed by atoms with Crippen molar-refractivity contribution in [3.05, 3.63) is 0 Å². The van der Waals surface area contributed by atoms with E-state index in [9.17, 15) is 4.79 Å². The summed E-state index contributed by atoms with van der Waals surface area (Å²) in [5, 5.41) is 8.40. The third kappa shape index (κ3) is 7.59. The molecule has 0 rings (SSSR count). The first-order valence-corrected chi connectivity index (χ1v) is 4.68. The summed E-state index contributed by atoms with van der Waals surface area (Å²) < 4.78 is 9.75. The van der Waals surface area contributed by atoms with Crippen LogP contribution in [0.5, 0.6) is 0 Å². The van der Waals surface area contributed by atoms with Gasteiger partial charge in [0.05, 0.1) is 6.61 Å². The summed E-state index contributed by atoms with van der Waals surface area (Å²) in [6.07, 6.45) is 1.21. The minimum atomic E-state index is -1.22. The smallest absolute Gasteiger partial charge is 0.450 e. The van der Waals surface area contributed by atoms with E-state index >= 15 is 0 Å². The molecule has 1 atom stereocenters. The van der Waals surface area contributed by atoms with Crippen LogP contribution in [-0.4, -0.2) is 30.6 Å². The number of unbranched alkanes of at least 4 members (excludes halogenated alkanes) is 1. The Morgan fingerprint density at radius 2 is 2.15 bits per heavy atom. The number of hydrogen-bond donors (Lipinski definition) is 1. The molecule has 0 aromatic rings. The predicted molar refractivity (Wildman–Crippen MR) is 48.9 cm³/mol. The van der Waals surface area contributed by atoms with Crippen LogP contribution >= 0.6 is 0 Å². The summed E-state index contributed by atoms with van der Waals surface area (Å²) >= 11 is 0. The van der Waals surface area contributed by atoms with Crippen LogP contribution in [0, 0.1) is 0 Å². The molecule has 0 radical (unpaired) electrons. The molecule has 1 unspecified atom stereocenters. The summed E-state index contributed by atoms with van der Waals surface area (Å²) in [5.41, 5.74) is 0. The average Bonchev–Trinajstić information content (AvgIpc) is 2.09. The van der Waals surface area contributed by atoms with Crippen LogP contribution in [0.4, 0.5) is 4.79 Å². The van der Waals surface area contributed by atoms with Crippen LogP contribution < -0.4 is 0 Å². The second-order valence-corrected chi connectivity index (χ2v) is 2.81. The quantitative estimate of drug-likeness (QED) is 0.626. The van der Waals surface area contributed by atoms with Gasteiger partial charge in [-0.3, -0.25) is 0 Å². The highest BCUT2D eigenvalue weighted by atomic mass is 16.7. The zero-order chi connectivity index (χ0) is 10.1. The van der Waals surface area contributed by atoms with E-state index in [1.54, 1.807) is 0 Å². The molecule has 0 aromatic carbocycles. The van der Waals surface area contributed by atoms with Gasteiger partial charge < -0.3 is 14.6 Å². The Morgan fingerprint density at radius 3 is 2.62 bits per heavy atom. The Kier molecular flexibility index (Phi) is 7.39. The summed E-state index contributed by atoms with van der Waals surface area (Å²) in [6.45, 7) is 4.88. The SMILES string of the molecule is CCCCC(COCC)OC(=O)O. The maximum atomic E-state index is 10.3. The van der Waals surface area contributed by atoms with Gasteiger partial charge in [-0.2, -0.15) is 0 Å². The van der Waals surface area contributed by atoms with Gasteiger partial charge in [-0.05, 0) is 19.8 Å². The summed E-state index contributed by atoms with van der Waals surface area (Å²) in [7, 11) is 0. The number of carboxylic acid groups (broad SMARTS) is 1. The molecular weight excluding hydrogens is 172 g/mol. The van der Waals surface area contributed by atoms with Crippen LogP contribution in [0.3, 0.4) is 0 Å². The molecule has 4 nitrogen and oxygen atoms in total. The van der Waals surface area contributed by atoms with Crippen molar-refractivity contribution in [2.24, 2.45) is 0 Å². The minimum absolute atomic E-state index is 0.308. The fraction of sp³-hybridized carbons (Fsp3) is 0.889. The highest BCUT2D eigenvalue weighted by Gasteiger charge is 2.12. The normalized spacial score (nSPS) is 12.5. The molecule has 0 fully saturated rings. The Balaban J connectivity index is 3.66. The zero-order valence-electron chi connectivity index (χ0n) is 8.28. The predicted octanol–water partition coefficient (Wildman–Crippen LogP) is 2.28. The average molecular weight is 190 g/mol. The van der Waals surface area contributed by atoms with Gasteiger partial charge in [0.25, 0.3) is 0 Å². The number of hydrogen-bond acceptors (Lipinski definition) is 3. The summed E-state index contributed by atoms with van der Waals surface area (Å²) in [6, 6.07) is 0. The van der Waals surface area contributed by atoms with Crippen molar-refractivity contribution in [2.75, 3.05) is 13.2 Å². The van der Waals surface area contributed by atoms with E-state index in [0.717, 1.165) is 19.3 Å². The first-order valence-electron chi connectivity index (χ1n) is 4.68. The fourth-order valence-corrected chi connectivity index (χ4v) is 1.000. The zero-order valence-corrected chi connectivity index (χ0v) is 8.28. The maximum Gasteiger partial charge on any atom is 0.506 e. The van der Waals surface area contributed by atoms with E-state index in [-0.39, 0.29) is 6.10 Å². The molecular formula is C9H18O4. The number of ether oxygens (including phenoxy) is 2. The standard InChI is InChI=1S/C9H18O4/c1-3-5-6-8(7-12-4-2)13-9(10)11/h8H,3-7H2,1-2H3,(H,10,11). The van der Waals surface area contributed by atoms with Crippen LogP contribution in [0.15, 0.2) is 0 Å². The molecule has 0 spiro atoms. The highest BCUT2D eigenvalue weighted by molar-refractivity contribution is 5.57. The molecule has 0 aliphatic rings. The van der Waals surface area contributed by atoms with Crippen molar-refractivity contribution in [1.82, 2.24) is 0 Å². The largest absolute Gasteiger partial charge is 0.506 e. The monoisotopic (exact) mass is 190 g/mol. The molecule has 0 aromatic heterocycles. The van der Waals surface area contributed by atoms with E-state index < -0.39 is 6.16 Å². The van der Waals surface area contributed by atoms with E-state index in [1.807, 2.05) is 6.92 Å². The Labute approximate surface area is 78.8 Å². The van der Waals surface area contributed by atoms with Gasteiger partial charge in [-0.25, -0.2) is 4.79 Å². The summed E-state index contributed by atoms with van der Waals surface area (Å²) in [4.78, 5) is 10.3. The van der Waals surface area contributed by atoms with Gasteiger partial charge in [0, 0.05) is 6.61 Å². The second-order valence-electron chi connectivity index (χ2n) is 2.81. The van der Waals surface area contributed by atoms with Crippen molar-refractivity contribution in [3.8, 4) is 0 Å². The minimum Gasteiger partial charge on any atom is -0.450 e. The van der Waals surface area contributed by atoms with Crippen LogP contribution in [-0.2, 0) is 9.47 Å². The van der Waals surface area contributed by atoms with Gasteiger partial charge in [0.1, 0.15) is 6.10 Å². The highest BCUT2D eigenvalue weighted by Crippen LogP contribution is 2.05. The number of rotatable bonds is 7. The molecule has 1 N–H and O–H groups in total. The molecule has 0 heterocycles. The van der Waals surface area contributed by atoms with Gasteiger partial charge in [0.15, 0.2) is 0 Å². The summed E-state index contributed by atoms with van der Waals surface area (Å²) in [5.74, 6) is 0. The molecule has 0 aliphatic heterocycles. The molecule has 0 bridgehead atoms. The lowest BCUT2D eigenvalue weighted by atomic mass is 10.2. The van der Waals surface area contributed by atoms with Crippen LogP contribution in [0.25, 0.3) is 0 Å². The van der Waals surface area contributed by atoms with E-state index in [1.165, 1.54) is 0 Å². The maximum absolute atomic E-state index is 10.3. The van der Waals surface area contributed by atoms with Crippen molar-refractivity contribution >= 4 is 6.16 Å². The molecule has 0 amide bonds. The van der Waals surface area contributed by atoms with Crippen LogP contribution in [0.1, 0.15) is 33.1 Å². The van der Waals surface area contributed by atoms with E-state index in [2.05, 4.69) is 11.7 Å². The van der Waals surface area contributed by atoms with Crippen LogP contribution in [0.2, 0.25) is 0 Å². The molecule has 4 heteroatoms. The topological polar surface area (TPSA) is 55.8 Å². The van der Waals surface area contributed by atoms with E-state index in [0.29, 0.717) is 13.2 Å². The lowest BCUT2D eigenvalue weighted by Gasteiger charge is -2.14. The van der Waals surface area contributed by atoms with Crippen molar-refractivity contribution in [1.29, 1.82) is 0 Å². The van der Waals surface area contributed by atoms with E-state index in [4.69, 9.17) is 9.84 Å². The Morgan fingerprint density at radius 1 is 1.46 bits per heavy atom. The van der Waals surface area contributed by atoms with Gasteiger partial charge in [-0.15, -0.1) is 0 Å². The molecule has 0 saturated heterocycles. The molecule has 78 valence electrons. The third-order valence-corrected chi connectivity index (χ3v) is 1.66. The lowest BCUT2D eigenvalue weighted by Crippen LogP contribution is -2.22. The lowest BCUT2D eigenvalue weighted by molar-refractivity contribution is -0.00297.